The number of aryl methyl sites for hydroxylation is 1. The normalized spacial score (nSPS) is 14.8. The van der Waals surface area contributed by atoms with E-state index in [2.05, 4.69) is 5.32 Å². The average Bonchev–Trinajstić information content (AvgIpc) is 3.16. The number of halogens is 1. The first-order chi connectivity index (χ1) is 15.8. The van der Waals surface area contributed by atoms with E-state index in [4.69, 9.17) is 25.5 Å². The fraction of sp³-hybridized carbons (Fsp3) is 0.273. The third-order valence-corrected chi connectivity index (χ3v) is 7.55. The van der Waals surface area contributed by atoms with E-state index in [-0.39, 0.29) is 34.5 Å². The maximum atomic E-state index is 12.9. The average molecular weight is 493 g/mol. The van der Waals surface area contributed by atoms with E-state index in [0.29, 0.717) is 24.4 Å². The van der Waals surface area contributed by atoms with Crippen molar-refractivity contribution in [2.45, 2.75) is 11.8 Å². The predicted octanol–water partition coefficient (Wildman–Crippen LogP) is 3.21. The number of rotatable bonds is 6. The number of esters is 1. The predicted molar refractivity (Wildman–Crippen MR) is 121 cm³/mol. The van der Waals surface area contributed by atoms with Gasteiger partial charge in [0.05, 0.1) is 18.2 Å². The number of para-hydroxylation sites is 1. The Labute approximate surface area is 195 Å². The van der Waals surface area contributed by atoms with Gasteiger partial charge in [-0.25, -0.2) is 13.2 Å². The van der Waals surface area contributed by atoms with Crippen molar-refractivity contribution < 1.29 is 31.9 Å². The van der Waals surface area contributed by atoms with Crippen molar-refractivity contribution in [2.75, 3.05) is 38.2 Å². The zero-order valence-corrected chi connectivity index (χ0v) is 19.2. The van der Waals surface area contributed by atoms with Crippen molar-refractivity contribution >= 4 is 50.2 Å². The molecule has 4 rings (SSSR count). The van der Waals surface area contributed by atoms with Crippen LogP contribution in [0.3, 0.4) is 0 Å². The molecule has 0 spiro atoms. The van der Waals surface area contributed by atoms with Crippen LogP contribution in [-0.2, 0) is 24.3 Å². The molecule has 1 N–H and O–H groups in total. The molecule has 3 aromatic rings. The number of carbonyl (C=O) groups is 2. The van der Waals surface area contributed by atoms with Crippen molar-refractivity contribution in [2.24, 2.45) is 0 Å². The van der Waals surface area contributed by atoms with E-state index >= 15 is 0 Å². The van der Waals surface area contributed by atoms with Crippen LogP contribution in [0.4, 0.5) is 5.69 Å². The SMILES string of the molecule is Cc1c(C(=O)OCC(=O)Nc2ccc(Cl)c(S(=O)(=O)N3CCOCC3)c2)oc2ccccc12. The number of hydrogen-bond donors (Lipinski definition) is 1. The molecule has 0 bridgehead atoms. The Morgan fingerprint density at radius 3 is 2.61 bits per heavy atom. The van der Waals surface area contributed by atoms with Gasteiger partial charge in [0.2, 0.25) is 15.8 Å². The first-order valence-corrected chi connectivity index (χ1v) is 11.9. The molecule has 0 saturated carbocycles. The smallest absolute Gasteiger partial charge is 0.375 e. The summed E-state index contributed by atoms with van der Waals surface area (Å²) in [7, 11) is -3.86. The first-order valence-electron chi connectivity index (χ1n) is 10.1. The number of benzene rings is 2. The standard InChI is InChI=1S/C22H21ClN2O7S/c1-14-16-4-2-3-5-18(16)32-21(14)22(27)31-13-20(26)24-15-6-7-17(23)19(12-15)33(28,29)25-8-10-30-11-9-25/h2-7,12H,8-11,13H2,1H3,(H,24,26). The Morgan fingerprint density at radius 2 is 1.88 bits per heavy atom. The van der Waals surface area contributed by atoms with Gasteiger partial charge in [-0.1, -0.05) is 29.8 Å². The van der Waals surface area contributed by atoms with Gasteiger partial charge < -0.3 is 19.2 Å². The Kier molecular flexibility index (Phi) is 6.71. The van der Waals surface area contributed by atoms with Gasteiger partial charge >= 0.3 is 5.97 Å². The molecule has 174 valence electrons. The molecule has 0 radical (unpaired) electrons. The van der Waals surface area contributed by atoms with Gasteiger partial charge in [0.15, 0.2) is 6.61 Å². The van der Waals surface area contributed by atoms with E-state index in [9.17, 15) is 18.0 Å². The highest BCUT2D eigenvalue weighted by Gasteiger charge is 2.29. The summed E-state index contributed by atoms with van der Waals surface area (Å²) in [6.45, 7) is 2.17. The third kappa shape index (κ3) is 4.88. The van der Waals surface area contributed by atoms with Crippen molar-refractivity contribution in [3.05, 3.63) is 58.8 Å². The fourth-order valence-electron chi connectivity index (χ4n) is 3.47. The number of amides is 1. The molecule has 1 amide bonds. The number of furan rings is 1. The number of nitrogens with one attached hydrogen (secondary N) is 1. The number of nitrogens with zero attached hydrogens (tertiary/aromatic N) is 1. The third-order valence-electron chi connectivity index (χ3n) is 5.17. The minimum Gasteiger partial charge on any atom is -0.450 e. The van der Waals surface area contributed by atoms with Crippen molar-refractivity contribution in [1.29, 1.82) is 0 Å². The number of anilines is 1. The Bertz CT molecular complexity index is 1310. The lowest BCUT2D eigenvalue weighted by molar-refractivity contribution is -0.119. The van der Waals surface area contributed by atoms with E-state index in [1.807, 2.05) is 12.1 Å². The highest BCUT2D eigenvalue weighted by Crippen LogP contribution is 2.28. The number of fused-ring (bicyclic) bond motifs is 1. The van der Waals surface area contributed by atoms with Crippen LogP contribution in [0.15, 0.2) is 51.8 Å². The second kappa shape index (κ2) is 9.52. The summed E-state index contributed by atoms with van der Waals surface area (Å²) < 4.78 is 42.9. The van der Waals surface area contributed by atoms with E-state index < -0.39 is 28.5 Å². The van der Waals surface area contributed by atoms with Gasteiger partial charge in [0.25, 0.3) is 5.91 Å². The number of carbonyl (C=O) groups excluding carboxylic acids is 2. The zero-order chi connectivity index (χ0) is 23.6. The van der Waals surface area contributed by atoms with Gasteiger partial charge in [-0.3, -0.25) is 4.79 Å². The second-order valence-electron chi connectivity index (χ2n) is 7.34. The van der Waals surface area contributed by atoms with E-state index in [1.165, 1.54) is 22.5 Å². The molecule has 1 aliphatic heterocycles. The first kappa shape index (κ1) is 23.2. The molecule has 1 aliphatic rings. The second-order valence-corrected chi connectivity index (χ2v) is 9.65. The van der Waals surface area contributed by atoms with Crippen LogP contribution in [0.5, 0.6) is 0 Å². The maximum absolute atomic E-state index is 12.9. The lowest BCUT2D eigenvalue weighted by Crippen LogP contribution is -2.40. The van der Waals surface area contributed by atoms with Crippen LogP contribution in [0.1, 0.15) is 16.1 Å². The van der Waals surface area contributed by atoms with Crippen LogP contribution in [0.25, 0.3) is 11.0 Å². The van der Waals surface area contributed by atoms with Crippen molar-refractivity contribution in [1.82, 2.24) is 4.31 Å². The maximum Gasteiger partial charge on any atom is 0.375 e. The Hall–Kier alpha value is -2.92. The summed E-state index contributed by atoms with van der Waals surface area (Å²) in [6.07, 6.45) is 0. The highest BCUT2D eigenvalue weighted by molar-refractivity contribution is 7.89. The monoisotopic (exact) mass is 492 g/mol. The van der Waals surface area contributed by atoms with Gasteiger partial charge in [0, 0.05) is 29.7 Å². The number of morpholine rings is 1. The number of sulfonamides is 1. The Morgan fingerprint density at radius 1 is 1.15 bits per heavy atom. The lowest BCUT2D eigenvalue weighted by atomic mass is 10.1. The summed E-state index contributed by atoms with van der Waals surface area (Å²) >= 11 is 6.13. The lowest BCUT2D eigenvalue weighted by Gasteiger charge is -2.26. The summed E-state index contributed by atoms with van der Waals surface area (Å²) in [5.41, 5.74) is 1.36. The molecule has 2 heterocycles. The van der Waals surface area contributed by atoms with Crippen molar-refractivity contribution in [3.8, 4) is 0 Å². The quantitative estimate of drug-likeness (QED) is 0.525. The topological polar surface area (TPSA) is 115 Å². The van der Waals surface area contributed by atoms with Crippen LogP contribution in [0, 0.1) is 6.92 Å². The molecule has 33 heavy (non-hydrogen) atoms. The molecule has 1 saturated heterocycles. The molecule has 11 heteroatoms. The fourth-order valence-corrected chi connectivity index (χ4v) is 5.38. The van der Waals surface area contributed by atoms with Crippen LogP contribution in [-0.4, -0.2) is 57.5 Å². The van der Waals surface area contributed by atoms with E-state index in [0.717, 1.165) is 5.39 Å². The molecule has 0 atom stereocenters. The van der Waals surface area contributed by atoms with Gasteiger partial charge in [0.1, 0.15) is 10.5 Å². The molecular weight excluding hydrogens is 472 g/mol. The summed E-state index contributed by atoms with van der Waals surface area (Å²) in [5, 5.41) is 3.33. The van der Waals surface area contributed by atoms with Crippen LogP contribution < -0.4 is 5.32 Å². The summed E-state index contributed by atoms with van der Waals surface area (Å²) in [4.78, 5) is 24.6. The minimum absolute atomic E-state index is 0.0226. The van der Waals surface area contributed by atoms with Gasteiger partial charge in [-0.2, -0.15) is 4.31 Å². The summed E-state index contributed by atoms with van der Waals surface area (Å²) in [5.74, 6) is -1.39. The minimum atomic E-state index is -3.86. The molecule has 1 aromatic heterocycles. The molecule has 2 aromatic carbocycles. The molecular formula is C22H21ClN2O7S. The summed E-state index contributed by atoms with van der Waals surface area (Å²) in [6, 6.07) is 11.3. The zero-order valence-electron chi connectivity index (χ0n) is 17.7. The van der Waals surface area contributed by atoms with Gasteiger partial charge in [-0.15, -0.1) is 0 Å². The molecule has 1 fully saturated rings. The number of ether oxygens (including phenoxy) is 2. The van der Waals surface area contributed by atoms with Crippen LogP contribution in [0.2, 0.25) is 5.02 Å². The Balaban J connectivity index is 1.42. The molecule has 9 nitrogen and oxygen atoms in total. The van der Waals surface area contributed by atoms with Crippen LogP contribution >= 0.6 is 11.6 Å². The largest absolute Gasteiger partial charge is 0.450 e. The molecule has 0 aliphatic carbocycles. The van der Waals surface area contributed by atoms with Crippen molar-refractivity contribution in [3.63, 3.8) is 0 Å². The highest BCUT2D eigenvalue weighted by atomic mass is 35.5. The molecule has 0 unspecified atom stereocenters. The van der Waals surface area contributed by atoms with Gasteiger partial charge in [-0.05, 0) is 31.2 Å². The van der Waals surface area contributed by atoms with E-state index in [1.54, 1.807) is 19.1 Å². The number of hydrogen-bond acceptors (Lipinski definition) is 7.